The summed E-state index contributed by atoms with van der Waals surface area (Å²) in [6, 6.07) is 0. The molecular formula is C42H68O15. The van der Waals surface area contributed by atoms with Crippen molar-refractivity contribution in [3.8, 4) is 0 Å². The molecule has 8 aliphatic rings. The van der Waals surface area contributed by atoms with E-state index in [9.17, 15) is 50.8 Å². The van der Waals surface area contributed by atoms with Crippen LogP contribution in [0, 0.1) is 50.7 Å². The molecule has 8 rings (SSSR count). The third-order valence-corrected chi connectivity index (χ3v) is 18.6. The highest BCUT2D eigenvalue weighted by atomic mass is 16.8. The van der Waals surface area contributed by atoms with Gasteiger partial charge in [0.1, 0.15) is 59.8 Å². The van der Waals surface area contributed by atoms with E-state index < -0.39 is 103 Å². The average Bonchev–Trinajstić information content (AvgIpc) is 3.44. The van der Waals surface area contributed by atoms with Crippen molar-refractivity contribution >= 4 is 5.97 Å². The normalized spacial score (nSPS) is 58.2. The molecule has 21 atom stereocenters. The molecule has 0 spiro atoms. The lowest BCUT2D eigenvalue weighted by Crippen LogP contribution is -2.74. The maximum Gasteiger partial charge on any atom is 0.315 e. The monoisotopic (exact) mass is 812 g/mol. The molecule has 1 unspecified atom stereocenters. The Morgan fingerprint density at radius 2 is 1.21 bits per heavy atom. The summed E-state index contributed by atoms with van der Waals surface area (Å²) < 4.78 is 30.5. The van der Waals surface area contributed by atoms with Crippen molar-refractivity contribution in [3.05, 3.63) is 0 Å². The zero-order valence-electron chi connectivity index (χ0n) is 34.3. The van der Waals surface area contributed by atoms with Crippen LogP contribution in [0.2, 0.25) is 0 Å². The molecule has 57 heavy (non-hydrogen) atoms. The van der Waals surface area contributed by atoms with Gasteiger partial charge in [0.15, 0.2) is 12.6 Å². The first kappa shape index (κ1) is 42.6. The zero-order chi connectivity index (χ0) is 41.5. The van der Waals surface area contributed by atoms with Gasteiger partial charge in [0, 0.05) is 11.3 Å². The minimum atomic E-state index is -1.79. The Hall–Kier alpha value is -1.05. The second kappa shape index (κ2) is 14.0. The lowest BCUT2D eigenvalue weighted by molar-refractivity contribution is -0.380. The third kappa shape index (κ3) is 5.53. The van der Waals surface area contributed by atoms with Gasteiger partial charge in [-0.05, 0) is 112 Å². The number of carbonyl (C=O) groups excluding carboxylic acids is 1. The van der Waals surface area contributed by atoms with E-state index >= 15 is 0 Å². The Bertz CT molecular complexity index is 1550. The van der Waals surface area contributed by atoms with Crippen LogP contribution in [0.4, 0.5) is 0 Å². The minimum absolute atomic E-state index is 0.0143. The van der Waals surface area contributed by atoms with E-state index in [1.54, 1.807) is 0 Å². The van der Waals surface area contributed by atoms with Crippen molar-refractivity contribution in [2.24, 2.45) is 50.7 Å². The molecule has 0 aromatic heterocycles. The molecule has 9 N–H and O–H groups in total. The summed E-state index contributed by atoms with van der Waals surface area (Å²) in [4.78, 5) is 14.3. The fourth-order valence-electron chi connectivity index (χ4n) is 15.4. The van der Waals surface area contributed by atoms with Crippen LogP contribution in [0.3, 0.4) is 0 Å². The lowest BCUT2D eigenvalue weighted by Gasteiger charge is -2.74. The number of fused-ring (bicyclic) bond motifs is 5. The van der Waals surface area contributed by atoms with Crippen molar-refractivity contribution in [2.45, 2.75) is 184 Å². The molecule has 2 bridgehead atoms. The third-order valence-electron chi connectivity index (χ3n) is 18.6. The number of cyclic esters (lactones) is 1. The molecule has 8 fully saturated rings. The first-order valence-electron chi connectivity index (χ1n) is 21.5. The Balaban J connectivity index is 1.06. The highest BCUT2D eigenvalue weighted by Crippen LogP contribution is 2.80. The molecule has 326 valence electrons. The van der Waals surface area contributed by atoms with Gasteiger partial charge in [0.25, 0.3) is 0 Å². The van der Waals surface area contributed by atoms with E-state index in [4.69, 9.17) is 23.7 Å². The Morgan fingerprint density at radius 3 is 1.86 bits per heavy atom. The van der Waals surface area contributed by atoms with Crippen LogP contribution >= 0.6 is 0 Å². The van der Waals surface area contributed by atoms with E-state index in [2.05, 4.69) is 20.8 Å². The van der Waals surface area contributed by atoms with Gasteiger partial charge in [-0.3, -0.25) is 4.79 Å². The Morgan fingerprint density at radius 1 is 0.614 bits per heavy atom. The van der Waals surface area contributed by atoms with Gasteiger partial charge in [0.05, 0.1) is 31.5 Å². The van der Waals surface area contributed by atoms with E-state index in [0.29, 0.717) is 19.3 Å². The molecule has 5 aliphatic carbocycles. The average molecular weight is 813 g/mol. The molecule has 15 nitrogen and oxygen atoms in total. The van der Waals surface area contributed by atoms with Crippen LogP contribution in [0.1, 0.15) is 106 Å². The largest absolute Gasteiger partial charge is 0.459 e. The quantitative estimate of drug-likeness (QED) is 0.126. The minimum Gasteiger partial charge on any atom is -0.459 e. The van der Waals surface area contributed by atoms with E-state index in [0.717, 1.165) is 44.9 Å². The van der Waals surface area contributed by atoms with Crippen molar-refractivity contribution in [1.29, 1.82) is 0 Å². The summed E-state index contributed by atoms with van der Waals surface area (Å²) in [7, 11) is 0. The van der Waals surface area contributed by atoms with E-state index in [1.165, 1.54) is 0 Å². The number of hydrogen-bond acceptors (Lipinski definition) is 15. The molecule has 0 aromatic rings. The van der Waals surface area contributed by atoms with Gasteiger partial charge in [-0.25, -0.2) is 0 Å². The van der Waals surface area contributed by atoms with Crippen molar-refractivity contribution < 1.29 is 74.4 Å². The predicted molar refractivity (Wildman–Crippen MR) is 198 cm³/mol. The molecule has 15 heteroatoms. The number of carbonyl (C=O) groups is 1. The van der Waals surface area contributed by atoms with Gasteiger partial charge >= 0.3 is 5.97 Å². The summed E-state index contributed by atoms with van der Waals surface area (Å²) in [5, 5.41) is 97.5. The Kier molecular flexibility index (Phi) is 10.5. The van der Waals surface area contributed by atoms with Crippen LogP contribution in [-0.2, 0) is 28.5 Å². The summed E-state index contributed by atoms with van der Waals surface area (Å²) in [6.45, 7) is 11.5. The molecule has 3 saturated heterocycles. The van der Waals surface area contributed by atoms with Crippen LogP contribution < -0.4 is 0 Å². The van der Waals surface area contributed by atoms with Crippen LogP contribution in [0.25, 0.3) is 0 Å². The number of aliphatic hydroxyl groups is 9. The van der Waals surface area contributed by atoms with Gasteiger partial charge in [-0.15, -0.1) is 0 Å². The standard InChI is InChI=1S/C42H68O15/c1-36(2)22-10-14-41(35(51)57-36)25-8-7-24-37(3)12-11-26(38(4,19-45)23(37)9-13-39(24,5)40(25,6)15-16-42(22,41)52)55-34-32(30(49)28(47)21(18-44)54-34)56-33-31(50)29(48)27(46)20(17-43)53-33/h20-34,43-50,52H,7-19H2,1-6H3/t20-,21-,22-,23?,24-,25+,26+,27-,28-,29+,30+,31-,32-,33+,34+,37+,38-,39-,40-,41-,42-/m1/s1. The van der Waals surface area contributed by atoms with Gasteiger partial charge in [0.2, 0.25) is 0 Å². The van der Waals surface area contributed by atoms with Crippen LogP contribution in [-0.4, -0.2) is 150 Å². The predicted octanol–water partition coefficient (Wildman–Crippen LogP) is 0.500. The van der Waals surface area contributed by atoms with Crippen molar-refractivity contribution in [1.82, 2.24) is 0 Å². The second-order valence-corrected chi connectivity index (χ2v) is 20.9. The molecule has 0 aromatic carbocycles. The SMILES string of the molecule is CC1(C)OC(=O)[C@]23CC[C@H]1[C@]2(O)CC[C@]1(C)[C@@H]3CC[C@@H]2[C@@]3(C)CC[C@H](O[C@@H]4O[C@H](CO)[C@@H](O)[C@H](O)[C@H]4O[C@@H]4O[C@H](CO)[C@@H](O)[C@H](O)[C@H]4O)[C@](C)(CO)C3CC[C@]21C. The molecule has 5 saturated carbocycles. The van der Waals surface area contributed by atoms with E-state index in [1.807, 2.05) is 20.8 Å². The maximum atomic E-state index is 14.3. The highest BCUT2D eigenvalue weighted by molar-refractivity contribution is 5.82. The fraction of sp³-hybridized carbons (Fsp3) is 0.976. The number of esters is 1. The van der Waals surface area contributed by atoms with Crippen LogP contribution in [0.5, 0.6) is 0 Å². The van der Waals surface area contributed by atoms with Crippen LogP contribution in [0.15, 0.2) is 0 Å². The van der Waals surface area contributed by atoms with Crippen molar-refractivity contribution in [2.75, 3.05) is 19.8 Å². The molecule has 3 aliphatic heterocycles. The maximum absolute atomic E-state index is 14.3. The second-order valence-electron chi connectivity index (χ2n) is 20.9. The summed E-state index contributed by atoms with van der Waals surface area (Å²) in [6.07, 6.45) is -8.94. The molecule has 3 heterocycles. The lowest BCUT2D eigenvalue weighted by atomic mass is 9.31. The topological polar surface area (TPSA) is 245 Å². The molecule has 0 amide bonds. The summed E-state index contributed by atoms with van der Waals surface area (Å²) >= 11 is 0. The first-order valence-corrected chi connectivity index (χ1v) is 21.5. The number of rotatable bonds is 7. The van der Waals surface area contributed by atoms with Crippen molar-refractivity contribution in [3.63, 3.8) is 0 Å². The van der Waals surface area contributed by atoms with Gasteiger partial charge in [-0.2, -0.15) is 0 Å². The number of ether oxygens (including phenoxy) is 5. The van der Waals surface area contributed by atoms with E-state index in [-0.39, 0.29) is 52.5 Å². The summed E-state index contributed by atoms with van der Waals surface area (Å²) in [5.74, 6) is -0.116. The molecule has 0 radical (unpaired) electrons. The smallest absolute Gasteiger partial charge is 0.315 e. The number of hydrogen-bond donors (Lipinski definition) is 9. The molecular weight excluding hydrogens is 744 g/mol. The number of aliphatic hydroxyl groups excluding tert-OH is 8. The zero-order valence-corrected chi connectivity index (χ0v) is 34.3. The van der Waals surface area contributed by atoms with Gasteiger partial charge < -0.3 is 69.6 Å². The van der Waals surface area contributed by atoms with Gasteiger partial charge in [-0.1, -0.05) is 27.7 Å². The Labute approximate surface area is 335 Å². The fourth-order valence-corrected chi connectivity index (χ4v) is 15.4. The summed E-state index contributed by atoms with van der Waals surface area (Å²) in [5.41, 5.74) is -4.19. The highest BCUT2D eigenvalue weighted by Gasteiger charge is 2.81. The first-order chi connectivity index (χ1) is 26.6.